The van der Waals surface area contributed by atoms with E-state index in [-0.39, 0.29) is 17.2 Å². The number of carbonyl (C=O) groups is 2. The second kappa shape index (κ2) is 4.69. The summed E-state index contributed by atoms with van der Waals surface area (Å²) in [5.74, 6) is -1.08. The monoisotopic (exact) mass is 298 g/mol. The fraction of sp³-hybridized carbons (Fsp3) is 0.583. The van der Waals surface area contributed by atoms with E-state index < -0.39 is 28.0 Å². The van der Waals surface area contributed by atoms with Crippen LogP contribution in [0.25, 0.3) is 0 Å². The van der Waals surface area contributed by atoms with Gasteiger partial charge in [-0.3, -0.25) is 13.9 Å². The number of amides is 1. The lowest BCUT2D eigenvalue weighted by atomic mass is 10.1. The molecule has 1 amide bonds. The van der Waals surface area contributed by atoms with Gasteiger partial charge in [0.05, 0.1) is 10.8 Å². The number of oxime groups is 1. The first-order chi connectivity index (χ1) is 9.50. The highest BCUT2D eigenvalue weighted by molar-refractivity contribution is 7.87. The zero-order valence-electron chi connectivity index (χ0n) is 10.9. The third kappa shape index (κ3) is 2.04. The van der Waals surface area contributed by atoms with Crippen LogP contribution in [0.3, 0.4) is 0 Å². The minimum Gasteiger partial charge on any atom is -0.477 e. The Morgan fingerprint density at radius 3 is 2.85 bits per heavy atom. The maximum Gasteiger partial charge on any atom is 0.352 e. The van der Waals surface area contributed by atoms with Gasteiger partial charge in [0.2, 0.25) is 0 Å². The summed E-state index contributed by atoms with van der Waals surface area (Å²) < 4.78 is 12.1. The smallest absolute Gasteiger partial charge is 0.352 e. The van der Waals surface area contributed by atoms with Gasteiger partial charge in [-0.05, 0) is 31.3 Å². The fourth-order valence-electron chi connectivity index (χ4n) is 2.29. The SMILES string of the molecule is CC1=C(C(=O)O)N2C(=O)/C(=N\OCC3CC3)[C@H]2S(=O)C1. The van der Waals surface area contributed by atoms with Crippen LogP contribution >= 0.6 is 0 Å². The molecule has 0 aromatic rings. The van der Waals surface area contributed by atoms with Crippen molar-refractivity contribution in [1.29, 1.82) is 0 Å². The molecule has 20 heavy (non-hydrogen) atoms. The number of hydrogen-bond donors (Lipinski definition) is 1. The predicted octanol–water partition coefficient (Wildman–Crippen LogP) is 0.0582. The van der Waals surface area contributed by atoms with Gasteiger partial charge in [-0.25, -0.2) is 4.79 Å². The average molecular weight is 298 g/mol. The molecule has 1 saturated carbocycles. The average Bonchev–Trinajstić information content (AvgIpc) is 3.18. The molecular formula is C12H14N2O5S. The molecule has 0 spiro atoms. The molecule has 1 aliphatic carbocycles. The molecule has 2 atom stereocenters. The summed E-state index contributed by atoms with van der Waals surface area (Å²) in [6.07, 6.45) is 2.21. The number of nitrogens with zero attached hydrogens (tertiary/aromatic N) is 2. The standard InChI is InChI=1S/C12H14N2O5S/c1-6-5-20(18)11-8(13-19-4-7-2-3-7)10(15)14(11)9(6)12(16)17/h7,11H,2-5H2,1H3,(H,16,17)/b13-8+/t11-,20?/m1/s1. The van der Waals surface area contributed by atoms with E-state index in [4.69, 9.17) is 9.94 Å². The van der Waals surface area contributed by atoms with Crippen molar-refractivity contribution >= 4 is 28.4 Å². The van der Waals surface area contributed by atoms with Crippen molar-refractivity contribution in [3.8, 4) is 0 Å². The van der Waals surface area contributed by atoms with Gasteiger partial charge in [-0.1, -0.05) is 5.16 Å². The first-order valence-electron chi connectivity index (χ1n) is 6.34. The second-order valence-corrected chi connectivity index (χ2v) is 6.70. The van der Waals surface area contributed by atoms with Crippen LogP contribution in [0.2, 0.25) is 0 Å². The fourth-order valence-corrected chi connectivity index (χ4v) is 3.84. The van der Waals surface area contributed by atoms with E-state index in [0.717, 1.165) is 17.7 Å². The lowest BCUT2D eigenvalue weighted by molar-refractivity contribution is -0.139. The Morgan fingerprint density at radius 2 is 2.25 bits per heavy atom. The molecule has 8 heteroatoms. The highest BCUT2D eigenvalue weighted by Crippen LogP contribution is 2.33. The van der Waals surface area contributed by atoms with Crippen molar-refractivity contribution in [1.82, 2.24) is 4.90 Å². The van der Waals surface area contributed by atoms with E-state index in [9.17, 15) is 13.8 Å². The van der Waals surface area contributed by atoms with Gasteiger partial charge in [0.15, 0.2) is 11.1 Å². The Hall–Kier alpha value is -1.70. The Balaban J connectivity index is 1.81. The van der Waals surface area contributed by atoms with Crippen molar-refractivity contribution in [2.24, 2.45) is 11.1 Å². The van der Waals surface area contributed by atoms with Gasteiger partial charge >= 0.3 is 5.97 Å². The highest BCUT2D eigenvalue weighted by atomic mass is 32.2. The van der Waals surface area contributed by atoms with E-state index in [1.807, 2.05) is 0 Å². The molecule has 2 heterocycles. The zero-order valence-corrected chi connectivity index (χ0v) is 11.7. The van der Waals surface area contributed by atoms with E-state index in [2.05, 4.69) is 5.16 Å². The summed E-state index contributed by atoms with van der Waals surface area (Å²) in [5, 5.41) is 12.1. The number of hydrogen-bond acceptors (Lipinski definition) is 5. The predicted molar refractivity (Wildman–Crippen MR) is 70.1 cm³/mol. The van der Waals surface area contributed by atoms with Crippen LogP contribution in [0.1, 0.15) is 19.8 Å². The van der Waals surface area contributed by atoms with Gasteiger partial charge in [0, 0.05) is 5.75 Å². The first kappa shape index (κ1) is 13.3. The molecule has 2 fully saturated rings. The van der Waals surface area contributed by atoms with Gasteiger partial charge in [0.1, 0.15) is 12.3 Å². The summed E-state index contributed by atoms with van der Waals surface area (Å²) in [6.45, 7) is 2.03. The molecular weight excluding hydrogens is 284 g/mol. The minimum absolute atomic E-state index is 0.0650. The maximum absolute atomic E-state index is 12.1. The molecule has 0 bridgehead atoms. The summed E-state index contributed by atoms with van der Waals surface area (Å²) >= 11 is 0. The van der Waals surface area contributed by atoms with Crippen molar-refractivity contribution < 1.29 is 23.7 Å². The normalized spacial score (nSPS) is 31.1. The van der Waals surface area contributed by atoms with E-state index in [1.165, 1.54) is 0 Å². The van der Waals surface area contributed by atoms with Crippen LogP contribution in [0, 0.1) is 5.92 Å². The Labute approximate surface area is 117 Å². The summed E-state index contributed by atoms with van der Waals surface area (Å²) in [6, 6.07) is 0. The maximum atomic E-state index is 12.1. The highest BCUT2D eigenvalue weighted by Gasteiger charge is 2.54. The molecule has 108 valence electrons. The Morgan fingerprint density at radius 1 is 1.55 bits per heavy atom. The van der Waals surface area contributed by atoms with E-state index in [1.54, 1.807) is 6.92 Å². The number of aliphatic carboxylic acids is 1. The molecule has 0 radical (unpaired) electrons. The molecule has 0 aromatic heterocycles. The summed E-state index contributed by atoms with van der Waals surface area (Å²) in [7, 11) is -1.37. The lowest BCUT2D eigenvalue weighted by Crippen LogP contribution is -2.66. The molecule has 1 unspecified atom stereocenters. The number of carboxylic acids is 1. The Kier molecular flexibility index (Phi) is 3.12. The van der Waals surface area contributed by atoms with Gasteiger partial charge in [-0.15, -0.1) is 0 Å². The molecule has 3 aliphatic rings. The van der Waals surface area contributed by atoms with Crippen molar-refractivity contribution in [3.05, 3.63) is 11.3 Å². The van der Waals surface area contributed by atoms with Crippen molar-refractivity contribution in [2.45, 2.75) is 25.1 Å². The first-order valence-corrected chi connectivity index (χ1v) is 7.72. The number of fused-ring (bicyclic) bond motifs is 1. The van der Waals surface area contributed by atoms with Crippen LogP contribution in [-0.4, -0.2) is 49.5 Å². The quantitative estimate of drug-likeness (QED) is 0.585. The second-order valence-electron chi connectivity index (χ2n) is 5.20. The lowest BCUT2D eigenvalue weighted by Gasteiger charge is -2.43. The molecule has 1 N–H and O–H groups in total. The third-order valence-corrected chi connectivity index (χ3v) is 5.18. The molecule has 1 saturated heterocycles. The molecule has 7 nitrogen and oxygen atoms in total. The van der Waals surface area contributed by atoms with Crippen LogP contribution in [0.15, 0.2) is 16.4 Å². The van der Waals surface area contributed by atoms with E-state index in [0.29, 0.717) is 18.1 Å². The molecule has 3 rings (SSSR count). The molecule has 2 aliphatic heterocycles. The summed E-state index contributed by atoms with van der Waals surface area (Å²) in [4.78, 5) is 29.3. The van der Waals surface area contributed by atoms with Crippen LogP contribution in [-0.2, 0) is 25.2 Å². The topological polar surface area (TPSA) is 96.3 Å². The third-order valence-electron chi connectivity index (χ3n) is 3.53. The van der Waals surface area contributed by atoms with Gasteiger partial charge < -0.3 is 9.94 Å². The number of rotatable bonds is 4. The van der Waals surface area contributed by atoms with Crippen molar-refractivity contribution in [2.75, 3.05) is 12.4 Å². The van der Waals surface area contributed by atoms with Gasteiger partial charge in [0.25, 0.3) is 5.91 Å². The Bertz CT molecular complexity index is 578. The van der Waals surface area contributed by atoms with E-state index >= 15 is 0 Å². The number of carboxylic acid groups (broad SMARTS) is 1. The van der Waals surface area contributed by atoms with Crippen LogP contribution in [0.5, 0.6) is 0 Å². The molecule has 0 aromatic carbocycles. The zero-order chi connectivity index (χ0) is 14.4. The minimum atomic E-state index is -1.37. The van der Waals surface area contributed by atoms with Crippen LogP contribution < -0.4 is 0 Å². The number of carbonyl (C=O) groups excluding carboxylic acids is 1. The summed E-state index contributed by atoms with van der Waals surface area (Å²) in [5.41, 5.74) is 0.425. The van der Waals surface area contributed by atoms with Gasteiger partial charge in [-0.2, -0.15) is 0 Å². The number of β-lactam (4-membered cyclic amide) rings is 1. The largest absolute Gasteiger partial charge is 0.477 e. The van der Waals surface area contributed by atoms with Crippen LogP contribution in [0.4, 0.5) is 0 Å². The van der Waals surface area contributed by atoms with Crippen molar-refractivity contribution in [3.63, 3.8) is 0 Å².